The van der Waals surface area contributed by atoms with Crippen LogP contribution in [0, 0.1) is 5.82 Å². The van der Waals surface area contributed by atoms with Crippen molar-refractivity contribution in [2.45, 2.75) is 13.0 Å². The van der Waals surface area contributed by atoms with Crippen LogP contribution >= 0.6 is 11.3 Å². The molecule has 0 aliphatic carbocycles. The topological polar surface area (TPSA) is 20.3 Å². The van der Waals surface area contributed by atoms with E-state index in [4.69, 9.17) is 0 Å². The van der Waals surface area contributed by atoms with Crippen LogP contribution in [0.1, 0.15) is 20.8 Å². The second-order valence-electron chi connectivity index (χ2n) is 5.51. The fraction of sp³-hybridized carbons (Fsp3) is 0.167. The molecular formula is C18H14FNOS. The highest BCUT2D eigenvalue weighted by Gasteiger charge is 2.23. The van der Waals surface area contributed by atoms with Gasteiger partial charge in [-0.15, -0.1) is 11.3 Å². The summed E-state index contributed by atoms with van der Waals surface area (Å²) in [4.78, 5) is 15.2. The highest BCUT2D eigenvalue weighted by Crippen LogP contribution is 2.29. The highest BCUT2D eigenvalue weighted by atomic mass is 32.1. The summed E-state index contributed by atoms with van der Waals surface area (Å²) in [6.07, 6.45) is 0.876. The fourth-order valence-electron chi connectivity index (χ4n) is 2.96. The van der Waals surface area contributed by atoms with E-state index in [1.807, 2.05) is 23.1 Å². The lowest BCUT2D eigenvalue weighted by atomic mass is 10.00. The number of rotatable bonds is 1. The van der Waals surface area contributed by atoms with Crippen molar-refractivity contribution in [2.24, 2.45) is 0 Å². The largest absolute Gasteiger partial charge is 0.333 e. The molecule has 4 rings (SSSR count). The minimum Gasteiger partial charge on any atom is -0.333 e. The van der Waals surface area contributed by atoms with Crippen LogP contribution < -0.4 is 0 Å². The standard InChI is InChI=1S/C18H14FNOS/c19-15-6-3-7-16-14(15)10-17(22-16)18(21)20-9-8-12-4-1-2-5-13(12)11-20/h1-7,10H,8-9,11H2. The van der Waals surface area contributed by atoms with Gasteiger partial charge in [0.25, 0.3) is 5.91 Å². The third-order valence-corrected chi connectivity index (χ3v) is 5.23. The van der Waals surface area contributed by atoms with Gasteiger partial charge in [-0.1, -0.05) is 30.3 Å². The molecule has 22 heavy (non-hydrogen) atoms. The third-order valence-electron chi connectivity index (χ3n) is 4.14. The molecule has 2 heterocycles. The summed E-state index contributed by atoms with van der Waals surface area (Å²) in [5.41, 5.74) is 2.52. The van der Waals surface area contributed by atoms with E-state index in [0.717, 1.165) is 11.1 Å². The Bertz CT molecular complexity index is 870. The van der Waals surface area contributed by atoms with E-state index in [1.165, 1.54) is 28.5 Å². The normalized spacial score (nSPS) is 14.1. The van der Waals surface area contributed by atoms with Crippen LogP contribution in [0.3, 0.4) is 0 Å². The average molecular weight is 311 g/mol. The first-order valence-electron chi connectivity index (χ1n) is 7.26. The van der Waals surface area contributed by atoms with Gasteiger partial charge >= 0.3 is 0 Å². The fourth-order valence-corrected chi connectivity index (χ4v) is 4.00. The van der Waals surface area contributed by atoms with Crippen molar-refractivity contribution in [1.29, 1.82) is 0 Å². The van der Waals surface area contributed by atoms with Crippen molar-refractivity contribution in [3.8, 4) is 0 Å². The lowest BCUT2D eigenvalue weighted by molar-refractivity contribution is 0.0739. The van der Waals surface area contributed by atoms with Gasteiger partial charge in [-0.25, -0.2) is 4.39 Å². The predicted molar refractivity (Wildman–Crippen MR) is 86.7 cm³/mol. The van der Waals surface area contributed by atoms with Crippen molar-refractivity contribution < 1.29 is 9.18 Å². The van der Waals surface area contributed by atoms with Gasteiger partial charge in [-0.3, -0.25) is 4.79 Å². The molecule has 0 saturated carbocycles. The average Bonchev–Trinajstić information content (AvgIpc) is 2.99. The molecule has 0 saturated heterocycles. The van der Waals surface area contributed by atoms with E-state index in [1.54, 1.807) is 12.1 Å². The predicted octanol–water partition coefficient (Wildman–Crippen LogP) is 4.24. The molecule has 0 unspecified atom stereocenters. The van der Waals surface area contributed by atoms with Gasteiger partial charge in [-0.05, 0) is 35.7 Å². The zero-order chi connectivity index (χ0) is 15.1. The van der Waals surface area contributed by atoms with Crippen LogP contribution in [-0.2, 0) is 13.0 Å². The number of fused-ring (bicyclic) bond motifs is 2. The second kappa shape index (κ2) is 5.21. The second-order valence-corrected chi connectivity index (χ2v) is 6.59. The number of thiophene rings is 1. The van der Waals surface area contributed by atoms with Gasteiger partial charge in [0, 0.05) is 23.2 Å². The number of amides is 1. The molecule has 0 radical (unpaired) electrons. The van der Waals surface area contributed by atoms with E-state index in [0.29, 0.717) is 23.4 Å². The maximum Gasteiger partial charge on any atom is 0.264 e. The van der Waals surface area contributed by atoms with Gasteiger partial charge in [-0.2, -0.15) is 0 Å². The van der Waals surface area contributed by atoms with Gasteiger partial charge in [0.2, 0.25) is 0 Å². The number of benzene rings is 2. The monoisotopic (exact) mass is 311 g/mol. The van der Waals surface area contributed by atoms with E-state index < -0.39 is 0 Å². The quantitative estimate of drug-likeness (QED) is 0.658. The zero-order valence-electron chi connectivity index (χ0n) is 11.9. The van der Waals surface area contributed by atoms with Gasteiger partial charge in [0.05, 0.1) is 4.88 Å². The summed E-state index contributed by atoms with van der Waals surface area (Å²) >= 11 is 1.36. The van der Waals surface area contributed by atoms with E-state index >= 15 is 0 Å². The number of hydrogen-bond donors (Lipinski definition) is 0. The number of nitrogens with zero attached hydrogens (tertiary/aromatic N) is 1. The Kier molecular flexibility index (Phi) is 3.19. The summed E-state index contributed by atoms with van der Waals surface area (Å²) in [5.74, 6) is -0.271. The smallest absolute Gasteiger partial charge is 0.264 e. The molecule has 2 nitrogen and oxygen atoms in total. The maximum atomic E-state index is 13.8. The molecule has 1 aromatic heterocycles. The first kappa shape index (κ1) is 13.5. The molecule has 2 aromatic carbocycles. The van der Waals surface area contributed by atoms with Gasteiger partial charge in [0.15, 0.2) is 0 Å². The Labute approximate surface area is 131 Å². The lowest BCUT2D eigenvalue weighted by Gasteiger charge is -2.28. The molecule has 1 aliphatic heterocycles. The molecule has 3 aromatic rings. The lowest BCUT2D eigenvalue weighted by Crippen LogP contribution is -2.35. The van der Waals surface area contributed by atoms with Crippen LogP contribution in [0.15, 0.2) is 48.5 Å². The molecule has 110 valence electrons. The zero-order valence-corrected chi connectivity index (χ0v) is 12.7. The van der Waals surface area contributed by atoms with E-state index in [9.17, 15) is 9.18 Å². The minimum absolute atomic E-state index is 0.00453. The Morgan fingerprint density at radius 3 is 2.73 bits per heavy atom. The first-order valence-corrected chi connectivity index (χ1v) is 8.08. The molecule has 0 spiro atoms. The van der Waals surface area contributed by atoms with Crippen molar-refractivity contribution in [2.75, 3.05) is 6.54 Å². The molecule has 0 bridgehead atoms. The molecule has 4 heteroatoms. The first-order chi connectivity index (χ1) is 10.7. The van der Waals surface area contributed by atoms with Crippen LogP contribution in [0.25, 0.3) is 10.1 Å². The molecule has 0 fully saturated rings. The molecular weight excluding hydrogens is 297 g/mol. The summed E-state index contributed by atoms with van der Waals surface area (Å²) in [6.45, 7) is 1.35. The molecule has 0 N–H and O–H groups in total. The van der Waals surface area contributed by atoms with Crippen molar-refractivity contribution in [3.05, 3.63) is 70.4 Å². The maximum absolute atomic E-state index is 13.8. The van der Waals surface area contributed by atoms with E-state index in [2.05, 4.69) is 12.1 Å². The van der Waals surface area contributed by atoms with Gasteiger partial charge < -0.3 is 4.90 Å². The molecule has 1 amide bonds. The van der Waals surface area contributed by atoms with Crippen LogP contribution in [0.2, 0.25) is 0 Å². The summed E-state index contributed by atoms with van der Waals surface area (Å²) in [5, 5.41) is 0.535. The van der Waals surface area contributed by atoms with Gasteiger partial charge in [0.1, 0.15) is 5.82 Å². The number of carbonyl (C=O) groups is 1. The third kappa shape index (κ3) is 2.20. The Morgan fingerprint density at radius 2 is 1.91 bits per heavy atom. The number of halogens is 1. The van der Waals surface area contributed by atoms with E-state index in [-0.39, 0.29) is 11.7 Å². The summed E-state index contributed by atoms with van der Waals surface area (Å²) in [6, 6.07) is 14.9. The highest BCUT2D eigenvalue weighted by molar-refractivity contribution is 7.20. The van der Waals surface area contributed by atoms with Crippen LogP contribution in [0.4, 0.5) is 4.39 Å². The van der Waals surface area contributed by atoms with Crippen LogP contribution in [-0.4, -0.2) is 17.4 Å². The minimum atomic E-state index is -0.267. The van der Waals surface area contributed by atoms with Crippen molar-refractivity contribution in [1.82, 2.24) is 4.90 Å². The summed E-state index contributed by atoms with van der Waals surface area (Å²) in [7, 11) is 0. The number of hydrogen-bond acceptors (Lipinski definition) is 2. The molecule has 0 atom stereocenters. The number of carbonyl (C=O) groups excluding carboxylic acids is 1. The van der Waals surface area contributed by atoms with Crippen molar-refractivity contribution in [3.63, 3.8) is 0 Å². The van der Waals surface area contributed by atoms with Crippen molar-refractivity contribution >= 4 is 27.3 Å². The Balaban J connectivity index is 1.65. The Hall–Kier alpha value is -2.20. The molecule has 1 aliphatic rings. The SMILES string of the molecule is O=C(c1cc2c(F)cccc2s1)N1CCc2ccccc2C1. The summed E-state index contributed by atoms with van der Waals surface area (Å²) < 4.78 is 14.6. The van der Waals surface area contributed by atoms with Crippen LogP contribution in [0.5, 0.6) is 0 Å². The Morgan fingerprint density at radius 1 is 1.09 bits per heavy atom.